The molecular weight excluding hydrogens is 306 g/mol. The molecule has 0 spiro atoms. The fraction of sp³-hybridized carbons (Fsp3) is 0.824. The molecule has 0 atom stereocenters. The first kappa shape index (κ1) is 18.7. The SMILES string of the molecule is CN=C(NCc1noc(C(C)(C)C)n1)NCC1(CCOC)CCC1. The topological polar surface area (TPSA) is 84.6 Å². The summed E-state index contributed by atoms with van der Waals surface area (Å²) in [6.07, 6.45) is 4.89. The molecule has 0 unspecified atom stereocenters. The number of rotatable bonds is 7. The van der Waals surface area contributed by atoms with E-state index in [4.69, 9.17) is 9.26 Å². The number of hydrogen-bond acceptors (Lipinski definition) is 5. The summed E-state index contributed by atoms with van der Waals surface area (Å²) in [5.41, 5.74) is 0.211. The standard InChI is InChI=1S/C17H31N5O2/c1-16(2,3)14-21-13(22-24-14)11-19-15(18-4)20-12-17(7-6-8-17)9-10-23-5/h6-12H2,1-5H3,(H2,18,19,20). The van der Waals surface area contributed by atoms with Gasteiger partial charge in [0.15, 0.2) is 11.8 Å². The Morgan fingerprint density at radius 3 is 2.58 bits per heavy atom. The zero-order valence-electron chi connectivity index (χ0n) is 15.6. The van der Waals surface area contributed by atoms with E-state index in [2.05, 4.69) is 46.5 Å². The van der Waals surface area contributed by atoms with Crippen LogP contribution in [-0.4, -0.2) is 43.4 Å². The molecule has 2 N–H and O–H groups in total. The van der Waals surface area contributed by atoms with Crippen LogP contribution in [0.4, 0.5) is 0 Å². The summed E-state index contributed by atoms with van der Waals surface area (Å²) in [6, 6.07) is 0. The Morgan fingerprint density at radius 1 is 1.33 bits per heavy atom. The fourth-order valence-electron chi connectivity index (χ4n) is 2.80. The van der Waals surface area contributed by atoms with Gasteiger partial charge in [0.05, 0.1) is 6.54 Å². The smallest absolute Gasteiger partial charge is 0.232 e. The summed E-state index contributed by atoms with van der Waals surface area (Å²) in [7, 11) is 3.53. The van der Waals surface area contributed by atoms with Crippen molar-refractivity contribution in [1.29, 1.82) is 0 Å². The Balaban J connectivity index is 1.81. The summed E-state index contributed by atoms with van der Waals surface area (Å²) in [4.78, 5) is 8.70. The number of aliphatic imine (C=N–C) groups is 1. The third kappa shape index (κ3) is 4.93. The third-order valence-corrected chi connectivity index (χ3v) is 4.63. The number of hydrogen-bond donors (Lipinski definition) is 2. The molecule has 1 fully saturated rings. The average Bonchev–Trinajstić information content (AvgIpc) is 2.97. The molecule has 0 saturated heterocycles. The number of nitrogens with one attached hydrogen (secondary N) is 2. The summed E-state index contributed by atoms with van der Waals surface area (Å²) in [5, 5.41) is 10.7. The van der Waals surface area contributed by atoms with Crippen molar-refractivity contribution in [3.63, 3.8) is 0 Å². The van der Waals surface area contributed by atoms with Crippen LogP contribution < -0.4 is 10.6 Å². The Hall–Kier alpha value is -1.63. The van der Waals surface area contributed by atoms with Gasteiger partial charge in [0.1, 0.15) is 0 Å². The molecule has 1 aliphatic rings. The van der Waals surface area contributed by atoms with Crippen LogP contribution >= 0.6 is 0 Å². The second-order valence-electron chi connectivity index (χ2n) is 7.64. The van der Waals surface area contributed by atoms with E-state index in [0.29, 0.717) is 23.7 Å². The van der Waals surface area contributed by atoms with Crippen LogP contribution in [0, 0.1) is 5.41 Å². The lowest BCUT2D eigenvalue weighted by Gasteiger charge is -2.42. The lowest BCUT2D eigenvalue weighted by atomic mass is 9.67. The molecule has 136 valence electrons. The van der Waals surface area contributed by atoms with Gasteiger partial charge in [-0.3, -0.25) is 4.99 Å². The third-order valence-electron chi connectivity index (χ3n) is 4.63. The molecular formula is C17H31N5O2. The highest BCUT2D eigenvalue weighted by Gasteiger charge is 2.36. The van der Waals surface area contributed by atoms with E-state index < -0.39 is 0 Å². The normalized spacial score (nSPS) is 17.5. The number of methoxy groups -OCH3 is 1. The summed E-state index contributed by atoms with van der Waals surface area (Å²) in [6.45, 7) is 8.37. The maximum absolute atomic E-state index is 5.30. The van der Waals surface area contributed by atoms with E-state index in [9.17, 15) is 0 Å². The van der Waals surface area contributed by atoms with E-state index in [1.165, 1.54) is 19.3 Å². The van der Waals surface area contributed by atoms with Gasteiger partial charge in [0.2, 0.25) is 5.89 Å². The van der Waals surface area contributed by atoms with Crippen molar-refractivity contribution in [2.75, 3.05) is 27.3 Å². The molecule has 0 radical (unpaired) electrons. The van der Waals surface area contributed by atoms with Crippen LogP contribution in [0.2, 0.25) is 0 Å². The highest BCUT2D eigenvalue weighted by Crippen LogP contribution is 2.43. The number of aromatic nitrogens is 2. The lowest BCUT2D eigenvalue weighted by molar-refractivity contribution is 0.0732. The van der Waals surface area contributed by atoms with Crippen molar-refractivity contribution in [3.05, 3.63) is 11.7 Å². The molecule has 0 aromatic carbocycles. The van der Waals surface area contributed by atoms with Crippen molar-refractivity contribution >= 4 is 5.96 Å². The first-order chi connectivity index (χ1) is 11.4. The average molecular weight is 337 g/mol. The monoisotopic (exact) mass is 337 g/mol. The quantitative estimate of drug-likeness (QED) is 0.586. The van der Waals surface area contributed by atoms with Crippen molar-refractivity contribution < 1.29 is 9.26 Å². The van der Waals surface area contributed by atoms with Gasteiger partial charge in [-0.2, -0.15) is 4.98 Å². The van der Waals surface area contributed by atoms with Crippen molar-refractivity contribution in [2.45, 2.75) is 58.4 Å². The first-order valence-electron chi connectivity index (χ1n) is 8.65. The van der Waals surface area contributed by atoms with Gasteiger partial charge in [0.25, 0.3) is 0 Å². The molecule has 7 nitrogen and oxygen atoms in total. The summed E-state index contributed by atoms with van der Waals surface area (Å²) < 4.78 is 10.5. The minimum absolute atomic E-state index is 0.136. The van der Waals surface area contributed by atoms with Gasteiger partial charge in [-0.25, -0.2) is 0 Å². The van der Waals surface area contributed by atoms with Crippen LogP contribution in [0.25, 0.3) is 0 Å². The Morgan fingerprint density at radius 2 is 2.08 bits per heavy atom. The maximum Gasteiger partial charge on any atom is 0.232 e. The van der Waals surface area contributed by atoms with E-state index in [1.54, 1.807) is 14.2 Å². The van der Waals surface area contributed by atoms with Crippen LogP contribution in [0.15, 0.2) is 9.52 Å². The molecule has 0 amide bonds. The number of nitrogens with zero attached hydrogens (tertiary/aromatic N) is 3. The second kappa shape index (κ2) is 7.96. The highest BCUT2D eigenvalue weighted by atomic mass is 16.5. The molecule has 1 heterocycles. The molecule has 1 saturated carbocycles. The molecule has 2 rings (SSSR count). The minimum atomic E-state index is -0.136. The van der Waals surface area contributed by atoms with E-state index in [1.807, 2.05) is 0 Å². The second-order valence-corrected chi connectivity index (χ2v) is 7.64. The summed E-state index contributed by atoms with van der Waals surface area (Å²) >= 11 is 0. The van der Waals surface area contributed by atoms with Crippen LogP contribution in [0.5, 0.6) is 0 Å². The number of ether oxygens (including phenoxy) is 1. The van der Waals surface area contributed by atoms with Crippen molar-refractivity contribution in [1.82, 2.24) is 20.8 Å². The lowest BCUT2D eigenvalue weighted by Crippen LogP contribution is -2.46. The van der Waals surface area contributed by atoms with Gasteiger partial charge in [-0.05, 0) is 24.7 Å². The molecule has 0 bridgehead atoms. The fourth-order valence-corrected chi connectivity index (χ4v) is 2.80. The zero-order valence-corrected chi connectivity index (χ0v) is 15.6. The maximum atomic E-state index is 5.30. The molecule has 1 aromatic rings. The Labute approximate surface area is 144 Å². The first-order valence-corrected chi connectivity index (χ1v) is 8.65. The van der Waals surface area contributed by atoms with Crippen LogP contribution in [-0.2, 0) is 16.7 Å². The van der Waals surface area contributed by atoms with E-state index in [0.717, 1.165) is 25.5 Å². The Kier molecular flexibility index (Phi) is 6.21. The van der Waals surface area contributed by atoms with Crippen molar-refractivity contribution in [3.8, 4) is 0 Å². The predicted molar refractivity (Wildman–Crippen MR) is 94.0 cm³/mol. The molecule has 1 aliphatic carbocycles. The largest absolute Gasteiger partial charge is 0.385 e. The van der Waals surface area contributed by atoms with Gasteiger partial charge >= 0.3 is 0 Å². The van der Waals surface area contributed by atoms with Crippen LogP contribution in [0.3, 0.4) is 0 Å². The summed E-state index contributed by atoms with van der Waals surface area (Å²) in [5.74, 6) is 2.05. The van der Waals surface area contributed by atoms with E-state index >= 15 is 0 Å². The predicted octanol–water partition coefficient (Wildman–Crippen LogP) is 2.24. The zero-order chi connectivity index (χ0) is 17.6. The molecule has 0 aliphatic heterocycles. The van der Waals surface area contributed by atoms with E-state index in [-0.39, 0.29) is 5.41 Å². The Bertz CT molecular complexity index is 543. The van der Waals surface area contributed by atoms with Gasteiger partial charge in [0, 0.05) is 32.7 Å². The van der Waals surface area contributed by atoms with Gasteiger partial charge < -0.3 is 19.9 Å². The minimum Gasteiger partial charge on any atom is -0.385 e. The highest BCUT2D eigenvalue weighted by molar-refractivity contribution is 5.79. The molecule has 24 heavy (non-hydrogen) atoms. The van der Waals surface area contributed by atoms with Gasteiger partial charge in [-0.1, -0.05) is 32.3 Å². The van der Waals surface area contributed by atoms with Crippen LogP contribution in [0.1, 0.15) is 58.2 Å². The number of guanidine groups is 1. The molecule has 7 heteroatoms. The van der Waals surface area contributed by atoms with Crippen molar-refractivity contribution in [2.24, 2.45) is 10.4 Å². The molecule has 1 aromatic heterocycles. The van der Waals surface area contributed by atoms with Gasteiger partial charge in [-0.15, -0.1) is 0 Å².